The Labute approximate surface area is 84.2 Å². The van der Waals surface area contributed by atoms with Gasteiger partial charge in [-0.1, -0.05) is 0 Å². The number of carbonyl (C=O) groups is 1. The molecule has 0 aromatic carbocycles. The average Bonchev–Trinajstić information content (AvgIpc) is 2.52. The van der Waals surface area contributed by atoms with Crippen LogP contribution in [0, 0.1) is 0 Å². The number of amides is 2. The van der Waals surface area contributed by atoms with E-state index >= 15 is 0 Å². The number of thiophene rings is 1. The van der Waals surface area contributed by atoms with E-state index in [1.54, 1.807) is 29.3 Å². The fraction of sp³-hybridized carbons (Fsp3) is 0.143. The first-order valence-corrected chi connectivity index (χ1v) is 5.49. The van der Waals surface area contributed by atoms with E-state index in [-0.39, 0.29) is 0 Å². The van der Waals surface area contributed by atoms with Crippen molar-refractivity contribution in [1.82, 2.24) is 5.43 Å². The number of thioether (sulfide) groups is 1. The number of primary amides is 1. The Bertz CT molecular complexity index is 321. The minimum atomic E-state index is -0.655. The van der Waals surface area contributed by atoms with Crippen LogP contribution in [0.15, 0.2) is 21.4 Å². The number of nitrogens with one attached hydrogen (secondary N) is 1. The van der Waals surface area contributed by atoms with Crippen molar-refractivity contribution >= 4 is 35.3 Å². The molecule has 0 aliphatic heterocycles. The smallest absolute Gasteiger partial charge is 0.332 e. The Hall–Kier alpha value is -1.01. The monoisotopic (exact) mass is 215 g/mol. The molecule has 0 saturated carbocycles. The van der Waals surface area contributed by atoms with E-state index in [0.29, 0.717) is 0 Å². The van der Waals surface area contributed by atoms with Gasteiger partial charge in [0, 0.05) is 4.88 Å². The molecule has 1 rings (SSSR count). The molecule has 0 radical (unpaired) electrons. The fourth-order valence-corrected chi connectivity index (χ4v) is 2.11. The molecule has 4 nitrogen and oxygen atoms in total. The van der Waals surface area contributed by atoms with Crippen molar-refractivity contribution in [2.24, 2.45) is 10.8 Å². The van der Waals surface area contributed by atoms with Crippen LogP contribution in [0.4, 0.5) is 4.79 Å². The van der Waals surface area contributed by atoms with Gasteiger partial charge in [0.15, 0.2) is 0 Å². The predicted octanol–water partition coefficient (Wildman–Crippen LogP) is 1.47. The minimum Gasteiger partial charge on any atom is -0.350 e. The number of rotatable bonds is 3. The first-order chi connectivity index (χ1) is 6.22. The molecule has 1 aromatic rings. The van der Waals surface area contributed by atoms with Gasteiger partial charge >= 0.3 is 6.03 Å². The molecule has 6 heteroatoms. The molecule has 0 aliphatic carbocycles. The van der Waals surface area contributed by atoms with Gasteiger partial charge in [-0.25, -0.2) is 10.2 Å². The van der Waals surface area contributed by atoms with Crippen LogP contribution in [0.25, 0.3) is 0 Å². The lowest BCUT2D eigenvalue weighted by Crippen LogP contribution is -2.24. The van der Waals surface area contributed by atoms with Crippen molar-refractivity contribution in [2.75, 3.05) is 6.26 Å². The Kier molecular flexibility index (Phi) is 3.78. The van der Waals surface area contributed by atoms with Crippen LogP contribution in [-0.4, -0.2) is 18.5 Å². The van der Waals surface area contributed by atoms with E-state index in [1.807, 2.05) is 18.4 Å². The highest BCUT2D eigenvalue weighted by Gasteiger charge is 1.95. The number of hydrazone groups is 1. The quantitative estimate of drug-likeness (QED) is 0.455. The standard InChI is InChI=1S/C7H9N3OS2/c1-12-6-3-2-5(13-6)4-9-10-7(8)11/h2-4H,1H3,(H3,8,10,11)/b9-4+. The number of nitrogens with zero attached hydrogens (tertiary/aromatic N) is 1. The van der Waals surface area contributed by atoms with Crippen LogP contribution >= 0.6 is 23.1 Å². The third-order valence-corrected chi connectivity index (χ3v) is 3.27. The van der Waals surface area contributed by atoms with Crippen molar-refractivity contribution in [3.05, 3.63) is 17.0 Å². The molecular weight excluding hydrogens is 206 g/mol. The Morgan fingerprint density at radius 2 is 2.54 bits per heavy atom. The lowest BCUT2D eigenvalue weighted by Gasteiger charge is -1.88. The maximum atomic E-state index is 10.2. The average molecular weight is 215 g/mol. The van der Waals surface area contributed by atoms with Gasteiger partial charge < -0.3 is 5.73 Å². The van der Waals surface area contributed by atoms with Crippen LogP contribution in [0.5, 0.6) is 0 Å². The normalized spacial score (nSPS) is 10.5. The zero-order chi connectivity index (χ0) is 9.68. The van der Waals surface area contributed by atoms with Crippen LogP contribution in [-0.2, 0) is 0 Å². The molecule has 3 N–H and O–H groups in total. The summed E-state index contributed by atoms with van der Waals surface area (Å²) in [7, 11) is 0. The molecular formula is C7H9N3OS2. The summed E-state index contributed by atoms with van der Waals surface area (Å²) in [5.74, 6) is 0. The van der Waals surface area contributed by atoms with Crippen LogP contribution in [0.1, 0.15) is 4.88 Å². The van der Waals surface area contributed by atoms with E-state index < -0.39 is 6.03 Å². The van der Waals surface area contributed by atoms with Crippen molar-refractivity contribution < 1.29 is 4.79 Å². The van der Waals surface area contributed by atoms with Crippen LogP contribution < -0.4 is 11.2 Å². The van der Waals surface area contributed by atoms with Gasteiger partial charge in [-0.2, -0.15) is 5.10 Å². The van der Waals surface area contributed by atoms with E-state index in [0.717, 1.165) is 4.88 Å². The summed E-state index contributed by atoms with van der Waals surface area (Å²) in [6.45, 7) is 0. The van der Waals surface area contributed by atoms with Crippen molar-refractivity contribution in [3.63, 3.8) is 0 Å². The van der Waals surface area contributed by atoms with E-state index in [9.17, 15) is 4.79 Å². The number of urea groups is 1. The molecule has 1 aromatic heterocycles. The second-order valence-electron chi connectivity index (χ2n) is 2.10. The topological polar surface area (TPSA) is 67.5 Å². The first-order valence-electron chi connectivity index (χ1n) is 3.44. The third kappa shape index (κ3) is 3.47. The van der Waals surface area contributed by atoms with Crippen molar-refractivity contribution in [2.45, 2.75) is 4.21 Å². The number of hydrogen-bond acceptors (Lipinski definition) is 4. The predicted molar refractivity (Wildman–Crippen MR) is 56.4 cm³/mol. The Morgan fingerprint density at radius 3 is 3.08 bits per heavy atom. The summed E-state index contributed by atoms with van der Waals surface area (Å²) >= 11 is 3.28. The van der Waals surface area contributed by atoms with Crippen molar-refractivity contribution in [3.8, 4) is 0 Å². The molecule has 1 heterocycles. The largest absolute Gasteiger partial charge is 0.350 e. The number of carbonyl (C=O) groups excluding carboxylic acids is 1. The highest BCUT2D eigenvalue weighted by atomic mass is 32.2. The number of nitrogens with two attached hydrogens (primary N) is 1. The summed E-state index contributed by atoms with van der Waals surface area (Å²) in [4.78, 5) is 11.2. The maximum Gasteiger partial charge on any atom is 0.332 e. The molecule has 2 amide bonds. The molecule has 0 spiro atoms. The summed E-state index contributed by atoms with van der Waals surface area (Å²) in [5.41, 5.74) is 6.95. The lowest BCUT2D eigenvalue weighted by atomic mass is 10.5. The minimum absolute atomic E-state index is 0.655. The fourth-order valence-electron chi connectivity index (χ4n) is 0.673. The summed E-state index contributed by atoms with van der Waals surface area (Å²) in [6.07, 6.45) is 3.57. The molecule has 0 unspecified atom stereocenters. The molecule has 0 aliphatic rings. The molecule has 0 saturated heterocycles. The Morgan fingerprint density at radius 1 is 1.77 bits per heavy atom. The maximum absolute atomic E-state index is 10.2. The van der Waals surface area contributed by atoms with Gasteiger partial charge in [0.05, 0.1) is 10.4 Å². The summed E-state index contributed by atoms with van der Waals surface area (Å²) in [5, 5.41) is 3.64. The molecule has 13 heavy (non-hydrogen) atoms. The highest BCUT2D eigenvalue weighted by molar-refractivity contribution is 8.00. The van der Waals surface area contributed by atoms with Gasteiger partial charge in [-0.05, 0) is 18.4 Å². The van der Waals surface area contributed by atoms with Gasteiger partial charge in [-0.15, -0.1) is 23.1 Å². The van der Waals surface area contributed by atoms with E-state index in [2.05, 4.69) is 10.5 Å². The SMILES string of the molecule is CSc1ccc(/C=N/NC(N)=O)s1. The highest BCUT2D eigenvalue weighted by Crippen LogP contribution is 2.23. The van der Waals surface area contributed by atoms with Crippen molar-refractivity contribution in [1.29, 1.82) is 0 Å². The molecule has 0 bridgehead atoms. The zero-order valence-electron chi connectivity index (χ0n) is 6.98. The number of hydrogen-bond donors (Lipinski definition) is 2. The molecule has 0 fully saturated rings. The summed E-state index contributed by atoms with van der Waals surface area (Å²) in [6, 6.07) is 3.28. The second kappa shape index (κ2) is 4.88. The van der Waals surface area contributed by atoms with E-state index in [4.69, 9.17) is 5.73 Å². The molecule has 70 valence electrons. The lowest BCUT2D eigenvalue weighted by molar-refractivity contribution is 0.249. The van der Waals surface area contributed by atoms with Crippen LogP contribution in [0.2, 0.25) is 0 Å². The first kappa shape index (κ1) is 10.1. The van der Waals surface area contributed by atoms with Gasteiger partial charge in [0.2, 0.25) is 0 Å². The van der Waals surface area contributed by atoms with Gasteiger partial charge in [0.1, 0.15) is 0 Å². The second-order valence-corrected chi connectivity index (χ2v) is 4.32. The summed E-state index contributed by atoms with van der Waals surface area (Å²) < 4.78 is 1.21. The van der Waals surface area contributed by atoms with E-state index in [1.165, 1.54) is 4.21 Å². The van der Waals surface area contributed by atoms with Gasteiger partial charge in [0.25, 0.3) is 0 Å². The third-order valence-electron chi connectivity index (χ3n) is 1.17. The molecule has 0 atom stereocenters. The van der Waals surface area contributed by atoms with Gasteiger partial charge in [-0.3, -0.25) is 0 Å². The van der Waals surface area contributed by atoms with Crippen LogP contribution in [0.3, 0.4) is 0 Å². The zero-order valence-corrected chi connectivity index (χ0v) is 8.61. The Balaban J connectivity index is 2.53.